The molecule has 4 heteroatoms. The van der Waals surface area contributed by atoms with Crippen LogP contribution in [-0.4, -0.2) is 31.4 Å². The molecule has 0 spiro atoms. The summed E-state index contributed by atoms with van der Waals surface area (Å²) >= 11 is 0. The molecule has 0 amide bonds. The van der Waals surface area contributed by atoms with E-state index in [-0.39, 0.29) is 12.7 Å². The fraction of sp³-hybridized carbons (Fsp3) is 0.600. The predicted octanol–water partition coefficient (Wildman–Crippen LogP) is 2.65. The molecule has 0 aliphatic carbocycles. The average molecular weight is 266 g/mol. The minimum Gasteiger partial charge on any atom is -0.491 e. The van der Waals surface area contributed by atoms with E-state index in [4.69, 9.17) is 15.6 Å². The molecule has 1 aromatic rings. The Balaban J connectivity index is 2.62. The van der Waals surface area contributed by atoms with Gasteiger partial charge < -0.3 is 20.5 Å². The molecule has 0 heterocycles. The first-order valence-corrected chi connectivity index (χ1v) is 6.92. The molecule has 0 radical (unpaired) electrons. The molecule has 19 heavy (non-hydrogen) atoms. The molecule has 0 unspecified atom stereocenters. The Morgan fingerprint density at radius 1 is 1.21 bits per heavy atom. The number of nitrogen functional groups attached to an aromatic ring is 1. The van der Waals surface area contributed by atoms with Gasteiger partial charge in [0.1, 0.15) is 5.75 Å². The van der Waals surface area contributed by atoms with Crippen molar-refractivity contribution in [1.82, 2.24) is 0 Å². The van der Waals surface area contributed by atoms with Crippen molar-refractivity contribution in [2.45, 2.75) is 39.2 Å². The highest BCUT2D eigenvalue weighted by atomic mass is 16.5. The van der Waals surface area contributed by atoms with Crippen molar-refractivity contribution in [2.75, 3.05) is 30.8 Å². The third-order valence-corrected chi connectivity index (χ3v) is 2.88. The van der Waals surface area contributed by atoms with Crippen molar-refractivity contribution < 1.29 is 9.84 Å². The zero-order chi connectivity index (χ0) is 14.3. The van der Waals surface area contributed by atoms with Gasteiger partial charge in [-0.15, -0.1) is 0 Å². The molecule has 0 saturated carbocycles. The highest BCUT2D eigenvalue weighted by Crippen LogP contribution is 2.26. The van der Waals surface area contributed by atoms with E-state index in [0.717, 1.165) is 42.9 Å². The van der Waals surface area contributed by atoms with Crippen LogP contribution in [0.3, 0.4) is 0 Å². The molecule has 0 aliphatic rings. The quantitative estimate of drug-likeness (QED) is 0.561. The summed E-state index contributed by atoms with van der Waals surface area (Å²) in [5.74, 6) is 0.812. The number of anilines is 2. The van der Waals surface area contributed by atoms with Crippen molar-refractivity contribution in [1.29, 1.82) is 0 Å². The van der Waals surface area contributed by atoms with Crippen LogP contribution in [0, 0.1) is 0 Å². The summed E-state index contributed by atoms with van der Waals surface area (Å²) in [4.78, 5) is 2.17. The first-order chi connectivity index (χ1) is 9.02. The van der Waals surface area contributed by atoms with E-state index >= 15 is 0 Å². The number of nitrogens with zero attached hydrogens (tertiary/aromatic N) is 1. The third kappa shape index (κ3) is 5.83. The topological polar surface area (TPSA) is 58.7 Å². The summed E-state index contributed by atoms with van der Waals surface area (Å²) in [6, 6.07) is 5.82. The molecule has 0 fully saturated rings. The van der Waals surface area contributed by atoms with E-state index in [1.807, 2.05) is 39.1 Å². The van der Waals surface area contributed by atoms with E-state index < -0.39 is 0 Å². The molecule has 0 atom stereocenters. The zero-order valence-electron chi connectivity index (χ0n) is 12.2. The SMILES string of the molecule is CC(C)Oc1cc(N)cc(N(C)CCCCCO)c1. The van der Waals surface area contributed by atoms with Gasteiger partial charge in [0.2, 0.25) is 0 Å². The lowest BCUT2D eigenvalue weighted by Crippen LogP contribution is -2.19. The number of unbranched alkanes of at least 4 members (excludes halogenated alkanes) is 2. The Kier molecular flexibility index (Phi) is 6.50. The third-order valence-electron chi connectivity index (χ3n) is 2.88. The Morgan fingerprint density at radius 3 is 2.58 bits per heavy atom. The molecule has 108 valence electrons. The van der Waals surface area contributed by atoms with Crippen molar-refractivity contribution in [3.05, 3.63) is 18.2 Å². The van der Waals surface area contributed by atoms with E-state index in [9.17, 15) is 0 Å². The lowest BCUT2D eigenvalue weighted by molar-refractivity contribution is 0.242. The van der Waals surface area contributed by atoms with Crippen molar-refractivity contribution in [3.63, 3.8) is 0 Å². The summed E-state index contributed by atoms with van der Waals surface area (Å²) in [6.45, 7) is 5.22. The van der Waals surface area contributed by atoms with Crippen LogP contribution in [0.4, 0.5) is 11.4 Å². The van der Waals surface area contributed by atoms with Crippen LogP contribution in [0.2, 0.25) is 0 Å². The molecule has 4 nitrogen and oxygen atoms in total. The molecule has 0 aliphatic heterocycles. The van der Waals surface area contributed by atoms with Gasteiger partial charge in [0, 0.05) is 43.7 Å². The Hall–Kier alpha value is -1.42. The average Bonchev–Trinajstić information content (AvgIpc) is 2.32. The lowest BCUT2D eigenvalue weighted by atomic mass is 10.2. The summed E-state index contributed by atoms with van der Waals surface area (Å²) in [5.41, 5.74) is 7.70. The van der Waals surface area contributed by atoms with Gasteiger partial charge in [-0.1, -0.05) is 0 Å². The highest BCUT2D eigenvalue weighted by molar-refractivity contribution is 5.60. The maximum absolute atomic E-state index is 8.76. The van der Waals surface area contributed by atoms with Crippen molar-refractivity contribution in [2.24, 2.45) is 0 Å². The van der Waals surface area contributed by atoms with Gasteiger partial charge in [-0.3, -0.25) is 0 Å². The monoisotopic (exact) mass is 266 g/mol. The summed E-state index contributed by atoms with van der Waals surface area (Å²) in [7, 11) is 2.05. The lowest BCUT2D eigenvalue weighted by Gasteiger charge is -2.21. The Labute approximate surface area is 116 Å². The van der Waals surface area contributed by atoms with E-state index in [1.165, 1.54) is 0 Å². The minimum atomic E-state index is 0.143. The Morgan fingerprint density at radius 2 is 1.95 bits per heavy atom. The number of nitrogens with two attached hydrogens (primary N) is 1. The van der Waals surface area contributed by atoms with Crippen molar-refractivity contribution >= 4 is 11.4 Å². The smallest absolute Gasteiger partial charge is 0.123 e. The molecular formula is C15H26N2O2. The predicted molar refractivity (Wildman–Crippen MR) is 80.8 cm³/mol. The molecule has 1 rings (SSSR count). The van der Waals surface area contributed by atoms with Gasteiger partial charge in [-0.05, 0) is 39.2 Å². The van der Waals surface area contributed by atoms with Crippen molar-refractivity contribution in [3.8, 4) is 5.75 Å². The van der Waals surface area contributed by atoms with Crippen LogP contribution in [-0.2, 0) is 0 Å². The van der Waals surface area contributed by atoms with Gasteiger partial charge in [0.05, 0.1) is 6.10 Å². The number of ether oxygens (including phenoxy) is 1. The maximum Gasteiger partial charge on any atom is 0.123 e. The van der Waals surface area contributed by atoms with Crippen LogP contribution >= 0.6 is 0 Å². The summed E-state index contributed by atoms with van der Waals surface area (Å²) in [6.07, 6.45) is 3.11. The van der Waals surface area contributed by atoms with E-state index in [2.05, 4.69) is 4.90 Å². The normalized spacial score (nSPS) is 10.8. The number of hydrogen-bond acceptors (Lipinski definition) is 4. The fourth-order valence-electron chi connectivity index (χ4n) is 1.93. The van der Waals surface area contributed by atoms with Gasteiger partial charge in [0.25, 0.3) is 0 Å². The molecular weight excluding hydrogens is 240 g/mol. The molecule has 0 saturated heterocycles. The number of hydrogen-bond donors (Lipinski definition) is 2. The number of aliphatic hydroxyl groups excluding tert-OH is 1. The zero-order valence-corrected chi connectivity index (χ0v) is 12.2. The second kappa shape index (κ2) is 7.89. The second-order valence-corrected chi connectivity index (χ2v) is 5.13. The van der Waals surface area contributed by atoms with Gasteiger partial charge in [-0.25, -0.2) is 0 Å². The van der Waals surface area contributed by atoms with Crippen LogP contribution in [0.15, 0.2) is 18.2 Å². The minimum absolute atomic E-state index is 0.143. The second-order valence-electron chi connectivity index (χ2n) is 5.13. The largest absolute Gasteiger partial charge is 0.491 e. The fourth-order valence-corrected chi connectivity index (χ4v) is 1.93. The van der Waals surface area contributed by atoms with Crippen LogP contribution < -0.4 is 15.4 Å². The molecule has 0 aromatic heterocycles. The number of rotatable bonds is 8. The van der Waals surface area contributed by atoms with Gasteiger partial charge in [0.15, 0.2) is 0 Å². The van der Waals surface area contributed by atoms with Crippen LogP contribution in [0.5, 0.6) is 5.75 Å². The number of benzene rings is 1. The van der Waals surface area contributed by atoms with Gasteiger partial charge in [-0.2, -0.15) is 0 Å². The Bertz CT molecular complexity index is 380. The van der Waals surface area contributed by atoms with E-state index in [0.29, 0.717) is 0 Å². The van der Waals surface area contributed by atoms with Crippen LogP contribution in [0.1, 0.15) is 33.1 Å². The maximum atomic E-state index is 8.76. The van der Waals surface area contributed by atoms with Crippen LogP contribution in [0.25, 0.3) is 0 Å². The summed E-state index contributed by atoms with van der Waals surface area (Å²) in [5, 5.41) is 8.76. The van der Waals surface area contributed by atoms with Gasteiger partial charge >= 0.3 is 0 Å². The number of aliphatic hydroxyl groups is 1. The molecule has 1 aromatic carbocycles. The first-order valence-electron chi connectivity index (χ1n) is 6.92. The molecule has 0 bridgehead atoms. The van der Waals surface area contributed by atoms with E-state index in [1.54, 1.807) is 0 Å². The first kappa shape index (κ1) is 15.6. The highest BCUT2D eigenvalue weighted by Gasteiger charge is 2.06. The standard InChI is InChI=1S/C15H26N2O2/c1-12(2)19-15-10-13(16)9-14(11-15)17(3)7-5-4-6-8-18/h9-12,18H,4-8,16H2,1-3H3. The summed E-state index contributed by atoms with van der Waals surface area (Å²) < 4.78 is 5.69. The molecule has 3 N–H and O–H groups in total.